The highest BCUT2D eigenvalue weighted by Crippen LogP contribution is 2.38. The second-order valence-electron chi connectivity index (χ2n) is 5.01. The van der Waals surface area contributed by atoms with Crippen LogP contribution in [-0.2, 0) is 6.42 Å². The molecule has 0 saturated carbocycles. The van der Waals surface area contributed by atoms with E-state index in [0.29, 0.717) is 0 Å². The van der Waals surface area contributed by atoms with E-state index in [9.17, 15) is 5.11 Å². The highest BCUT2D eigenvalue weighted by atomic mass is 16.3. The van der Waals surface area contributed by atoms with E-state index in [1.165, 1.54) is 11.3 Å². The molecule has 0 aliphatic carbocycles. The first kappa shape index (κ1) is 12.2. The summed E-state index contributed by atoms with van der Waals surface area (Å²) in [4.78, 5) is 2.32. The molecule has 2 heteroatoms. The van der Waals surface area contributed by atoms with Crippen molar-refractivity contribution in [1.82, 2.24) is 0 Å². The standard InChI is InChI=1S/C17H19NO/c1-2-17(19)14-8-4-6-10-16(14)18-12-11-13-7-3-5-9-15(13)18/h3-10,17,19H,2,11-12H2,1H3/t17-/m0/s1. The van der Waals surface area contributed by atoms with E-state index < -0.39 is 0 Å². The summed E-state index contributed by atoms with van der Waals surface area (Å²) in [7, 11) is 0. The van der Waals surface area contributed by atoms with Gasteiger partial charge in [-0.15, -0.1) is 0 Å². The second-order valence-corrected chi connectivity index (χ2v) is 5.01. The molecule has 0 unspecified atom stereocenters. The van der Waals surface area contributed by atoms with E-state index >= 15 is 0 Å². The second kappa shape index (κ2) is 5.06. The molecule has 0 saturated heterocycles. The van der Waals surface area contributed by atoms with Gasteiger partial charge in [0.2, 0.25) is 0 Å². The Morgan fingerprint density at radius 3 is 2.53 bits per heavy atom. The van der Waals surface area contributed by atoms with E-state index in [4.69, 9.17) is 0 Å². The summed E-state index contributed by atoms with van der Waals surface area (Å²) in [6.45, 7) is 3.01. The van der Waals surface area contributed by atoms with Gasteiger partial charge in [-0.25, -0.2) is 0 Å². The Morgan fingerprint density at radius 1 is 1.05 bits per heavy atom. The molecule has 0 spiro atoms. The van der Waals surface area contributed by atoms with Crippen LogP contribution >= 0.6 is 0 Å². The van der Waals surface area contributed by atoms with Crippen molar-refractivity contribution in [2.24, 2.45) is 0 Å². The Hall–Kier alpha value is -1.80. The Morgan fingerprint density at radius 2 is 1.74 bits per heavy atom. The summed E-state index contributed by atoms with van der Waals surface area (Å²) < 4.78 is 0. The van der Waals surface area contributed by atoms with Gasteiger partial charge in [-0.05, 0) is 30.5 Å². The summed E-state index contributed by atoms with van der Waals surface area (Å²) in [5.41, 5.74) is 4.84. The molecule has 1 atom stereocenters. The Balaban J connectivity index is 2.05. The molecule has 1 aliphatic rings. The van der Waals surface area contributed by atoms with Gasteiger partial charge in [-0.2, -0.15) is 0 Å². The Kier molecular flexibility index (Phi) is 3.26. The summed E-state index contributed by atoms with van der Waals surface area (Å²) in [6, 6.07) is 16.7. The summed E-state index contributed by atoms with van der Waals surface area (Å²) >= 11 is 0. The first-order valence-corrected chi connectivity index (χ1v) is 6.93. The maximum Gasteiger partial charge on any atom is 0.0807 e. The van der Waals surface area contributed by atoms with Crippen LogP contribution < -0.4 is 4.90 Å². The average molecular weight is 253 g/mol. The molecule has 1 N–H and O–H groups in total. The molecular weight excluding hydrogens is 234 g/mol. The fourth-order valence-corrected chi connectivity index (χ4v) is 2.82. The number of anilines is 2. The van der Waals surface area contributed by atoms with E-state index in [1.807, 2.05) is 25.1 Å². The maximum absolute atomic E-state index is 10.2. The zero-order valence-corrected chi connectivity index (χ0v) is 11.2. The number of aliphatic hydroxyl groups excluding tert-OH is 1. The Bertz CT molecular complexity index is 579. The molecule has 2 nitrogen and oxygen atoms in total. The van der Waals surface area contributed by atoms with Crippen molar-refractivity contribution < 1.29 is 5.11 Å². The highest BCUT2D eigenvalue weighted by molar-refractivity contribution is 5.72. The minimum Gasteiger partial charge on any atom is -0.388 e. The van der Waals surface area contributed by atoms with Crippen LogP contribution in [0.3, 0.4) is 0 Å². The Labute approximate surface area is 114 Å². The minimum absolute atomic E-state index is 0.385. The summed E-state index contributed by atoms with van der Waals surface area (Å²) in [5, 5.41) is 10.2. The molecule has 0 aromatic heterocycles. The van der Waals surface area contributed by atoms with E-state index in [2.05, 4.69) is 35.2 Å². The molecule has 0 amide bonds. The first-order valence-electron chi connectivity index (χ1n) is 6.93. The minimum atomic E-state index is -0.385. The molecule has 0 bridgehead atoms. The van der Waals surface area contributed by atoms with Crippen molar-refractivity contribution in [3.63, 3.8) is 0 Å². The van der Waals surface area contributed by atoms with Crippen LogP contribution in [0.25, 0.3) is 0 Å². The van der Waals surface area contributed by atoms with Crippen LogP contribution in [0.1, 0.15) is 30.6 Å². The van der Waals surface area contributed by atoms with Gasteiger partial charge in [-0.1, -0.05) is 43.3 Å². The van der Waals surface area contributed by atoms with Crippen LogP contribution in [0.4, 0.5) is 11.4 Å². The molecule has 19 heavy (non-hydrogen) atoms. The number of aliphatic hydroxyl groups is 1. The molecule has 0 fully saturated rings. The third kappa shape index (κ3) is 2.13. The first-order chi connectivity index (χ1) is 9.31. The van der Waals surface area contributed by atoms with E-state index in [-0.39, 0.29) is 6.10 Å². The molecule has 3 rings (SSSR count). The predicted molar refractivity (Wildman–Crippen MR) is 78.8 cm³/mol. The normalized spacial score (nSPS) is 15.4. The SMILES string of the molecule is CC[C@H](O)c1ccccc1N1CCc2ccccc21. The number of hydrogen-bond donors (Lipinski definition) is 1. The molecule has 1 heterocycles. The number of hydrogen-bond acceptors (Lipinski definition) is 2. The van der Waals surface area contributed by atoms with E-state index in [0.717, 1.165) is 30.6 Å². The summed E-state index contributed by atoms with van der Waals surface area (Å²) in [6.07, 6.45) is 1.43. The van der Waals surface area contributed by atoms with Gasteiger partial charge < -0.3 is 10.0 Å². The van der Waals surface area contributed by atoms with Crippen LogP contribution in [0.5, 0.6) is 0 Å². The number of nitrogens with zero attached hydrogens (tertiary/aromatic N) is 1. The van der Waals surface area contributed by atoms with Crippen molar-refractivity contribution in [1.29, 1.82) is 0 Å². The van der Waals surface area contributed by atoms with Crippen LogP contribution in [0.2, 0.25) is 0 Å². The van der Waals surface area contributed by atoms with Crippen molar-refractivity contribution >= 4 is 11.4 Å². The molecule has 98 valence electrons. The van der Waals surface area contributed by atoms with Crippen molar-refractivity contribution in [2.75, 3.05) is 11.4 Å². The topological polar surface area (TPSA) is 23.5 Å². The number of benzene rings is 2. The van der Waals surface area contributed by atoms with Crippen LogP contribution in [0.15, 0.2) is 48.5 Å². The van der Waals surface area contributed by atoms with E-state index in [1.54, 1.807) is 0 Å². The molecular formula is C17H19NO. The number of fused-ring (bicyclic) bond motifs is 1. The quantitative estimate of drug-likeness (QED) is 0.898. The number of rotatable bonds is 3. The lowest BCUT2D eigenvalue weighted by Gasteiger charge is -2.24. The van der Waals surface area contributed by atoms with Crippen LogP contribution in [-0.4, -0.2) is 11.7 Å². The van der Waals surface area contributed by atoms with Crippen molar-refractivity contribution in [3.8, 4) is 0 Å². The van der Waals surface area contributed by atoms with Gasteiger partial charge in [0.1, 0.15) is 0 Å². The van der Waals surface area contributed by atoms with Gasteiger partial charge in [-0.3, -0.25) is 0 Å². The zero-order chi connectivity index (χ0) is 13.2. The maximum atomic E-state index is 10.2. The molecule has 0 radical (unpaired) electrons. The lowest BCUT2D eigenvalue weighted by atomic mass is 10.0. The molecule has 2 aromatic rings. The fraction of sp³-hybridized carbons (Fsp3) is 0.294. The molecule has 2 aromatic carbocycles. The fourth-order valence-electron chi connectivity index (χ4n) is 2.82. The highest BCUT2D eigenvalue weighted by Gasteiger charge is 2.23. The van der Waals surface area contributed by atoms with Gasteiger partial charge >= 0.3 is 0 Å². The third-order valence-electron chi connectivity index (χ3n) is 3.86. The smallest absolute Gasteiger partial charge is 0.0807 e. The lowest BCUT2D eigenvalue weighted by Crippen LogP contribution is -2.16. The van der Waals surface area contributed by atoms with Gasteiger partial charge in [0.05, 0.1) is 6.10 Å². The lowest BCUT2D eigenvalue weighted by molar-refractivity contribution is 0.174. The monoisotopic (exact) mass is 253 g/mol. The largest absolute Gasteiger partial charge is 0.388 e. The average Bonchev–Trinajstić information content (AvgIpc) is 2.90. The molecule has 1 aliphatic heterocycles. The zero-order valence-electron chi connectivity index (χ0n) is 11.2. The predicted octanol–water partition coefficient (Wildman–Crippen LogP) is 3.82. The third-order valence-corrected chi connectivity index (χ3v) is 3.86. The van der Waals surface area contributed by atoms with Crippen LogP contribution in [0, 0.1) is 0 Å². The number of para-hydroxylation sites is 2. The van der Waals surface area contributed by atoms with Gasteiger partial charge in [0, 0.05) is 23.5 Å². The van der Waals surface area contributed by atoms with Crippen molar-refractivity contribution in [3.05, 3.63) is 59.7 Å². The van der Waals surface area contributed by atoms with Gasteiger partial charge in [0.25, 0.3) is 0 Å². The van der Waals surface area contributed by atoms with Crippen molar-refractivity contribution in [2.45, 2.75) is 25.9 Å². The van der Waals surface area contributed by atoms with Gasteiger partial charge in [0.15, 0.2) is 0 Å². The summed E-state index contributed by atoms with van der Waals surface area (Å²) in [5.74, 6) is 0.